The first-order valence-corrected chi connectivity index (χ1v) is 9.55. The topological polar surface area (TPSA) is 82.7 Å². The predicted octanol–water partition coefficient (Wildman–Crippen LogP) is 1.57. The fraction of sp³-hybridized carbons (Fsp3) is 0.579. The Bertz CT molecular complexity index is 658. The Hall–Kier alpha value is -2.03. The average molecular weight is 378 g/mol. The van der Waals surface area contributed by atoms with Gasteiger partial charge in [0.1, 0.15) is 5.82 Å². The van der Waals surface area contributed by atoms with Crippen molar-refractivity contribution in [2.45, 2.75) is 31.7 Å². The summed E-state index contributed by atoms with van der Waals surface area (Å²) in [5.74, 6) is -0.910. The van der Waals surface area contributed by atoms with E-state index < -0.39 is 5.82 Å². The molecule has 0 radical (unpaired) electrons. The highest BCUT2D eigenvalue weighted by Gasteiger charge is 2.21. The summed E-state index contributed by atoms with van der Waals surface area (Å²) in [5, 5.41) is 8.57. The summed E-state index contributed by atoms with van der Waals surface area (Å²) in [6, 6.07) is 3.99. The fourth-order valence-corrected chi connectivity index (χ4v) is 3.30. The molecule has 0 unspecified atom stereocenters. The third-order valence-corrected chi connectivity index (χ3v) is 4.89. The van der Waals surface area contributed by atoms with E-state index in [0.29, 0.717) is 25.4 Å². The fourth-order valence-electron chi connectivity index (χ4n) is 3.30. The van der Waals surface area contributed by atoms with Gasteiger partial charge in [0.25, 0.3) is 0 Å². The number of carbonyl (C=O) groups excluding carboxylic acids is 2. The molecule has 0 spiro atoms. The number of rotatable bonds is 6. The molecule has 0 aromatic heterocycles. The summed E-state index contributed by atoms with van der Waals surface area (Å²) >= 11 is 0. The van der Waals surface area contributed by atoms with Crippen LogP contribution in [-0.4, -0.2) is 62.1 Å². The molecule has 27 heavy (non-hydrogen) atoms. The molecule has 0 aliphatic carbocycles. The van der Waals surface area contributed by atoms with Crippen LogP contribution < -0.4 is 16.0 Å². The first-order chi connectivity index (χ1) is 13.1. The maximum atomic E-state index is 14.1. The molecule has 2 amide bonds. The van der Waals surface area contributed by atoms with Crippen molar-refractivity contribution in [2.75, 3.05) is 50.0 Å². The second kappa shape index (κ2) is 9.77. The summed E-state index contributed by atoms with van der Waals surface area (Å²) in [7, 11) is 0. The predicted molar refractivity (Wildman–Crippen MR) is 101 cm³/mol. The quantitative estimate of drug-likeness (QED) is 0.700. The second-order valence-corrected chi connectivity index (χ2v) is 6.94. The third kappa shape index (κ3) is 5.98. The number of morpholine rings is 1. The van der Waals surface area contributed by atoms with Crippen LogP contribution in [0.25, 0.3) is 0 Å². The van der Waals surface area contributed by atoms with Crippen molar-refractivity contribution in [3.63, 3.8) is 0 Å². The van der Waals surface area contributed by atoms with Crippen molar-refractivity contribution in [3.8, 4) is 0 Å². The molecule has 1 aromatic carbocycles. The number of carbonyl (C=O) groups is 2. The number of hydrogen-bond donors (Lipinski definition) is 3. The lowest BCUT2D eigenvalue weighted by Gasteiger charge is -2.26. The molecule has 2 saturated heterocycles. The van der Waals surface area contributed by atoms with Gasteiger partial charge in [0.15, 0.2) is 0 Å². The first-order valence-electron chi connectivity index (χ1n) is 9.55. The minimum Gasteiger partial charge on any atom is -0.379 e. The van der Waals surface area contributed by atoms with Gasteiger partial charge in [-0.1, -0.05) is 6.42 Å². The summed E-state index contributed by atoms with van der Waals surface area (Å²) in [4.78, 5) is 26.6. The van der Waals surface area contributed by atoms with Gasteiger partial charge in [0, 0.05) is 31.7 Å². The average Bonchev–Trinajstić information content (AvgIpc) is 2.70. The molecule has 3 rings (SSSR count). The van der Waals surface area contributed by atoms with Gasteiger partial charge in [-0.05, 0) is 37.6 Å². The Morgan fingerprint density at radius 2 is 2.04 bits per heavy atom. The summed E-state index contributed by atoms with van der Waals surface area (Å²) in [6.45, 7) is 4.39. The molecule has 1 atom stereocenters. The monoisotopic (exact) mass is 378 g/mol. The Kier molecular flexibility index (Phi) is 7.14. The molecular formula is C19H27FN4O3. The van der Waals surface area contributed by atoms with Gasteiger partial charge in [-0.3, -0.25) is 14.5 Å². The highest BCUT2D eigenvalue weighted by molar-refractivity contribution is 5.96. The van der Waals surface area contributed by atoms with Gasteiger partial charge < -0.3 is 20.7 Å². The number of benzene rings is 1. The first kappa shape index (κ1) is 19.7. The van der Waals surface area contributed by atoms with Gasteiger partial charge in [-0.15, -0.1) is 0 Å². The molecule has 2 fully saturated rings. The largest absolute Gasteiger partial charge is 0.379 e. The van der Waals surface area contributed by atoms with Crippen molar-refractivity contribution in [2.24, 2.45) is 0 Å². The summed E-state index contributed by atoms with van der Waals surface area (Å²) < 4.78 is 19.3. The summed E-state index contributed by atoms with van der Waals surface area (Å²) in [5.41, 5.74) is 0.550. The van der Waals surface area contributed by atoms with Crippen LogP contribution >= 0.6 is 0 Å². The summed E-state index contributed by atoms with van der Waals surface area (Å²) in [6.07, 6.45) is 3.15. The van der Waals surface area contributed by atoms with Crippen LogP contribution in [0.3, 0.4) is 0 Å². The van der Waals surface area contributed by atoms with Crippen molar-refractivity contribution in [3.05, 3.63) is 24.0 Å². The van der Waals surface area contributed by atoms with E-state index in [1.807, 2.05) is 0 Å². The Balaban J connectivity index is 1.52. The van der Waals surface area contributed by atoms with E-state index in [9.17, 15) is 14.0 Å². The van der Waals surface area contributed by atoms with Crippen LogP contribution in [0.5, 0.6) is 0 Å². The van der Waals surface area contributed by atoms with Gasteiger partial charge in [0.2, 0.25) is 11.8 Å². The van der Waals surface area contributed by atoms with Crippen molar-refractivity contribution >= 4 is 23.2 Å². The standard InChI is InChI=1S/C19H27FN4O3/c20-15-5-4-14(22-19(26)16-3-1-2-7-21-16)13-17(15)23-18(25)6-8-24-9-11-27-12-10-24/h4-5,13,16,21H,1-3,6-12H2,(H,22,26)(H,23,25)/t16-/m1/s1. The highest BCUT2D eigenvalue weighted by atomic mass is 19.1. The second-order valence-electron chi connectivity index (χ2n) is 6.94. The van der Waals surface area contributed by atoms with E-state index in [1.165, 1.54) is 18.2 Å². The van der Waals surface area contributed by atoms with Crippen LogP contribution in [0.4, 0.5) is 15.8 Å². The molecule has 148 valence electrons. The van der Waals surface area contributed by atoms with Crippen LogP contribution in [-0.2, 0) is 14.3 Å². The molecule has 3 N–H and O–H groups in total. The molecule has 8 heteroatoms. The normalized spacial score (nSPS) is 20.9. The van der Waals surface area contributed by atoms with Crippen LogP contribution in [0, 0.1) is 5.82 Å². The Morgan fingerprint density at radius 3 is 2.78 bits per heavy atom. The Labute approximate surface area is 158 Å². The smallest absolute Gasteiger partial charge is 0.241 e. The van der Waals surface area contributed by atoms with E-state index in [1.54, 1.807) is 0 Å². The number of anilines is 2. The lowest BCUT2D eigenvalue weighted by atomic mass is 10.0. The van der Waals surface area contributed by atoms with E-state index in [-0.39, 0.29) is 30.0 Å². The number of hydrogen-bond acceptors (Lipinski definition) is 5. The maximum absolute atomic E-state index is 14.1. The number of amides is 2. The lowest BCUT2D eigenvalue weighted by molar-refractivity contribution is -0.118. The van der Waals surface area contributed by atoms with Crippen LogP contribution in [0.15, 0.2) is 18.2 Å². The zero-order valence-electron chi connectivity index (χ0n) is 15.4. The highest BCUT2D eigenvalue weighted by Crippen LogP contribution is 2.21. The maximum Gasteiger partial charge on any atom is 0.241 e. The number of nitrogens with one attached hydrogen (secondary N) is 3. The van der Waals surface area contributed by atoms with Crippen molar-refractivity contribution < 1.29 is 18.7 Å². The van der Waals surface area contributed by atoms with Crippen molar-refractivity contribution in [1.82, 2.24) is 10.2 Å². The van der Waals surface area contributed by atoms with Crippen LogP contribution in [0.1, 0.15) is 25.7 Å². The number of piperidine rings is 1. The zero-order chi connectivity index (χ0) is 19.1. The number of nitrogens with zero attached hydrogens (tertiary/aromatic N) is 1. The number of halogens is 1. The molecular weight excluding hydrogens is 351 g/mol. The molecule has 0 saturated carbocycles. The molecule has 2 heterocycles. The van der Waals surface area contributed by atoms with E-state index in [4.69, 9.17) is 4.74 Å². The lowest BCUT2D eigenvalue weighted by Crippen LogP contribution is -2.43. The van der Waals surface area contributed by atoms with E-state index in [2.05, 4.69) is 20.9 Å². The van der Waals surface area contributed by atoms with E-state index >= 15 is 0 Å². The minimum absolute atomic E-state index is 0.0800. The van der Waals surface area contributed by atoms with Gasteiger partial charge >= 0.3 is 0 Å². The molecule has 2 aliphatic rings. The SMILES string of the molecule is O=C(CCN1CCOCC1)Nc1cc(NC(=O)[C@H]2CCCCN2)ccc1F. The van der Waals surface area contributed by atoms with E-state index in [0.717, 1.165) is 38.9 Å². The van der Waals surface area contributed by atoms with Crippen LogP contribution in [0.2, 0.25) is 0 Å². The zero-order valence-corrected chi connectivity index (χ0v) is 15.4. The van der Waals surface area contributed by atoms with Crippen molar-refractivity contribution in [1.29, 1.82) is 0 Å². The molecule has 0 bridgehead atoms. The molecule has 2 aliphatic heterocycles. The Morgan fingerprint density at radius 1 is 1.22 bits per heavy atom. The molecule has 1 aromatic rings. The van der Waals surface area contributed by atoms with Gasteiger partial charge in [0.05, 0.1) is 24.9 Å². The minimum atomic E-state index is -0.525. The third-order valence-electron chi connectivity index (χ3n) is 4.89. The molecule has 7 nitrogen and oxygen atoms in total. The van der Waals surface area contributed by atoms with Gasteiger partial charge in [-0.2, -0.15) is 0 Å². The number of ether oxygens (including phenoxy) is 1. The van der Waals surface area contributed by atoms with Gasteiger partial charge in [-0.25, -0.2) is 4.39 Å².